The average Bonchev–Trinajstić information content (AvgIpc) is 2.03. The molecule has 1 aromatic heterocycles. The third kappa shape index (κ3) is 2.60. The van der Waals surface area contributed by atoms with Crippen molar-refractivity contribution in [3.63, 3.8) is 0 Å². The first-order valence-electron chi connectivity index (χ1n) is 4.00. The number of rotatable bonds is 3. The molecular formula is C9H15N3. The van der Waals surface area contributed by atoms with Crippen LogP contribution >= 0.6 is 0 Å². The Morgan fingerprint density at radius 2 is 2.25 bits per heavy atom. The van der Waals surface area contributed by atoms with Crippen molar-refractivity contribution in [2.45, 2.75) is 13.5 Å². The highest BCUT2D eigenvalue weighted by molar-refractivity contribution is 5.20. The maximum atomic E-state index is 4.06. The molecule has 1 rings (SSSR count). The van der Waals surface area contributed by atoms with E-state index in [2.05, 4.69) is 17.3 Å². The van der Waals surface area contributed by atoms with Gasteiger partial charge >= 0.3 is 0 Å². The van der Waals surface area contributed by atoms with Gasteiger partial charge in [0.2, 0.25) is 0 Å². The SMILES string of the molecule is Cc1ccncc1CNN(C)C. The van der Waals surface area contributed by atoms with Crippen LogP contribution in [0.4, 0.5) is 0 Å². The van der Waals surface area contributed by atoms with E-state index in [4.69, 9.17) is 0 Å². The predicted octanol–water partition coefficient (Wildman–Crippen LogP) is 0.956. The van der Waals surface area contributed by atoms with E-state index in [0.717, 1.165) is 6.54 Å². The van der Waals surface area contributed by atoms with Crippen molar-refractivity contribution in [1.82, 2.24) is 15.4 Å². The second-order valence-electron chi connectivity index (χ2n) is 3.03. The molecular weight excluding hydrogens is 150 g/mol. The van der Waals surface area contributed by atoms with Crippen LogP contribution in [-0.4, -0.2) is 24.1 Å². The summed E-state index contributed by atoms with van der Waals surface area (Å²) < 4.78 is 0. The third-order valence-electron chi connectivity index (χ3n) is 1.73. The molecule has 0 saturated carbocycles. The minimum absolute atomic E-state index is 0.840. The summed E-state index contributed by atoms with van der Waals surface area (Å²) in [6.07, 6.45) is 3.71. The standard InChI is InChI=1S/C9H15N3/c1-8-4-5-10-6-9(8)7-11-12(2)3/h4-6,11H,7H2,1-3H3. The number of pyridine rings is 1. The van der Waals surface area contributed by atoms with Gasteiger partial charge in [-0.3, -0.25) is 15.4 Å². The number of aromatic nitrogens is 1. The van der Waals surface area contributed by atoms with Crippen LogP contribution in [-0.2, 0) is 6.54 Å². The zero-order valence-electron chi connectivity index (χ0n) is 7.83. The van der Waals surface area contributed by atoms with E-state index in [9.17, 15) is 0 Å². The Labute approximate surface area is 73.4 Å². The molecule has 66 valence electrons. The van der Waals surface area contributed by atoms with Crippen LogP contribution in [0.25, 0.3) is 0 Å². The molecule has 1 heterocycles. The first-order valence-corrected chi connectivity index (χ1v) is 4.00. The van der Waals surface area contributed by atoms with E-state index in [1.165, 1.54) is 11.1 Å². The summed E-state index contributed by atoms with van der Waals surface area (Å²) >= 11 is 0. The summed E-state index contributed by atoms with van der Waals surface area (Å²) in [5, 5.41) is 1.94. The first-order chi connectivity index (χ1) is 5.70. The van der Waals surface area contributed by atoms with Crippen molar-refractivity contribution in [2.24, 2.45) is 0 Å². The monoisotopic (exact) mass is 165 g/mol. The smallest absolute Gasteiger partial charge is 0.0371 e. The van der Waals surface area contributed by atoms with Gasteiger partial charge in [0.05, 0.1) is 0 Å². The molecule has 12 heavy (non-hydrogen) atoms. The molecule has 0 aliphatic heterocycles. The Kier molecular flexibility index (Phi) is 3.19. The first kappa shape index (κ1) is 9.16. The lowest BCUT2D eigenvalue weighted by atomic mass is 10.2. The number of nitrogens with zero attached hydrogens (tertiary/aromatic N) is 2. The quantitative estimate of drug-likeness (QED) is 0.676. The van der Waals surface area contributed by atoms with Crippen LogP contribution in [0.1, 0.15) is 11.1 Å². The Morgan fingerprint density at radius 3 is 2.83 bits per heavy atom. The summed E-state index contributed by atoms with van der Waals surface area (Å²) in [5.41, 5.74) is 5.71. The van der Waals surface area contributed by atoms with Crippen molar-refractivity contribution < 1.29 is 0 Å². The molecule has 3 heteroatoms. The maximum absolute atomic E-state index is 4.06. The lowest BCUT2D eigenvalue weighted by molar-refractivity contribution is 0.285. The molecule has 0 spiro atoms. The fourth-order valence-corrected chi connectivity index (χ4v) is 0.925. The highest BCUT2D eigenvalue weighted by Gasteiger charge is 1.96. The summed E-state index contributed by atoms with van der Waals surface area (Å²) in [6.45, 7) is 2.93. The lowest BCUT2D eigenvalue weighted by Crippen LogP contribution is -2.29. The van der Waals surface area contributed by atoms with Gasteiger partial charge in [0.15, 0.2) is 0 Å². The molecule has 0 bridgehead atoms. The number of hydrazine groups is 1. The van der Waals surface area contributed by atoms with E-state index in [1.54, 1.807) is 0 Å². The molecule has 0 aliphatic carbocycles. The minimum Gasteiger partial charge on any atom is -0.264 e. The maximum Gasteiger partial charge on any atom is 0.0371 e. The molecule has 1 N–H and O–H groups in total. The topological polar surface area (TPSA) is 28.2 Å². The van der Waals surface area contributed by atoms with Crippen molar-refractivity contribution >= 4 is 0 Å². The second kappa shape index (κ2) is 4.18. The van der Waals surface area contributed by atoms with Gasteiger partial charge in [0, 0.05) is 33.0 Å². The van der Waals surface area contributed by atoms with Gasteiger partial charge in [-0.05, 0) is 24.1 Å². The van der Waals surface area contributed by atoms with Crippen LogP contribution in [0.2, 0.25) is 0 Å². The van der Waals surface area contributed by atoms with Crippen LogP contribution in [0, 0.1) is 6.92 Å². The highest BCUT2D eigenvalue weighted by Crippen LogP contribution is 2.03. The minimum atomic E-state index is 0.840. The second-order valence-corrected chi connectivity index (χ2v) is 3.03. The van der Waals surface area contributed by atoms with Crippen molar-refractivity contribution in [2.75, 3.05) is 14.1 Å². The summed E-state index contributed by atoms with van der Waals surface area (Å²) in [4.78, 5) is 4.06. The van der Waals surface area contributed by atoms with E-state index in [1.807, 2.05) is 37.6 Å². The Morgan fingerprint density at radius 1 is 1.50 bits per heavy atom. The van der Waals surface area contributed by atoms with Gasteiger partial charge in [0.1, 0.15) is 0 Å². The molecule has 0 unspecified atom stereocenters. The van der Waals surface area contributed by atoms with E-state index < -0.39 is 0 Å². The molecule has 0 amide bonds. The number of aryl methyl sites for hydroxylation is 1. The van der Waals surface area contributed by atoms with Crippen molar-refractivity contribution in [1.29, 1.82) is 0 Å². The molecule has 0 saturated heterocycles. The van der Waals surface area contributed by atoms with Crippen LogP contribution < -0.4 is 5.43 Å². The van der Waals surface area contributed by atoms with Gasteiger partial charge in [-0.2, -0.15) is 0 Å². The van der Waals surface area contributed by atoms with E-state index >= 15 is 0 Å². The van der Waals surface area contributed by atoms with E-state index in [-0.39, 0.29) is 0 Å². The molecule has 3 nitrogen and oxygen atoms in total. The zero-order chi connectivity index (χ0) is 8.97. The number of hydrogen-bond donors (Lipinski definition) is 1. The average molecular weight is 165 g/mol. The molecule has 1 aromatic rings. The van der Waals surface area contributed by atoms with Crippen molar-refractivity contribution in [3.8, 4) is 0 Å². The fraction of sp³-hybridized carbons (Fsp3) is 0.444. The predicted molar refractivity (Wildman–Crippen MR) is 49.5 cm³/mol. The van der Waals surface area contributed by atoms with Gasteiger partial charge in [-0.15, -0.1) is 0 Å². The normalized spacial score (nSPS) is 10.7. The van der Waals surface area contributed by atoms with Crippen molar-refractivity contribution in [3.05, 3.63) is 29.6 Å². The van der Waals surface area contributed by atoms with Gasteiger partial charge in [-0.1, -0.05) is 0 Å². The Balaban J connectivity index is 2.57. The molecule has 0 radical (unpaired) electrons. The third-order valence-corrected chi connectivity index (χ3v) is 1.73. The molecule has 0 aromatic carbocycles. The van der Waals surface area contributed by atoms with Crippen LogP contribution in [0.3, 0.4) is 0 Å². The zero-order valence-corrected chi connectivity index (χ0v) is 7.83. The number of hydrogen-bond acceptors (Lipinski definition) is 3. The summed E-state index contributed by atoms with van der Waals surface area (Å²) in [7, 11) is 3.96. The van der Waals surface area contributed by atoms with Gasteiger partial charge in [-0.25, -0.2) is 0 Å². The summed E-state index contributed by atoms with van der Waals surface area (Å²) in [6, 6.07) is 2.02. The van der Waals surface area contributed by atoms with Crippen LogP contribution in [0.5, 0.6) is 0 Å². The Bertz CT molecular complexity index is 245. The van der Waals surface area contributed by atoms with E-state index in [0.29, 0.717) is 0 Å². The lowest BCUT2D eigenvalue weighted by Gasteiger charge is -2.12. The fourth-order valence-electron chi connectivity index (χ4n) is 0.925. The Hall–Kier alpha value is -0.930. The highest BCUT2D eigenvalue weighted by atomic mass is 15.5. The van der Waals surface area contributed by atoms with Gasteiger partial charge in [0.25, 0.3) is 0 Å². The molecule has 0 aliphatic rings. The van der Waals surface area contributed by atoms with Gasteiger partial charge < -0.3 is 0 Å². The summed E-state index contributed by atoms with van der Waals surface area (Å²) in [5.74, 6) is 0. The molecule has 0 fully saturated rings. The number of nitrogens with one attached hydrogen (secondary N) is 1. The van der Waals surface area contributed by atoms with Crippen LogP contribution in [0.15, 0.2) is 18.5 Å². The largest absolute Gasteiger partial charge is 0.264 e. The molecule has 0 atom stereocenters.